The van der Waals surface area contributed by atoms with E-state index in [2.05, 4.69) is 0 Å². The number of rotatable bonds is 4. The van der Waals surface area contributed by atoms with Gasteiger partial charge in [0.1, 0.15) is 5.75 Å². The van der Waals surface area contributed by atoms with E-state index in [9.17, 15) is 20.0 Å². The number of benzene rings is 1. The van der Waals surface area contributed by atoms with Crippen LogP contribution in [-0.2, 0) is 4.79 Å². The molecule has 0 aromatic heterocycles. The summed E-state index contributed by atoms with van der Waals surface area (Å²) in [6, 6.07) is 5.68. The van der Waals surface area contributed by atoms with Crippen molar-refractivity contribution >= 4 is 11.6 Å². The van der Waals surface area contributed by atoms with Crippen molar-refractivity contribution in [1.29, 1.82) is 0 Å². The Kier molecular flexibility index (Phi) is 3.89. The molecule has 1 saturated heterocycles. The fourth-order valence-corrected chi connectivity index (χ4v) is 2.08. The summed E-state index contributed by atoms with van der Waals surface area (Å²) in [6.07, 6.45) is 0.537. The Morgan fingerprint density at radius 2 is 2.35 bits per heavy atom. The van der Waals surface area contributed by atoms with Crippen LogP contribution in [0.25, 0.3) is 0 Å². The second kappa shape index (κ2) is 5.46. The van der Waals surface area contributed by atoms with Gasteiger partial charge in [0.15, 0.2) is 6.61 Å². The maximum absolute atomic E-state index is 11.9. The number of carbonyl (C=O) groups excluding carboxylic acids is 1. The van der Waals surface area contributed by atoms with Crippen LogP contribution < -0.4 is 4.74 Å². The number of amides is 1. The standard InChI is InChI=1S/C13H16N2O5/c1-13(17)5-6-14(9-13)12(16)8-20-11-4-2-3-10(7-11)15(18)19/h2-4,7,17H,5-6,8-9H2,1H3. The summed E-state index contributed by atoms with van der Waals surface area (Å²) in [6.45, 7) is 2.26. The zero-order chi connectivity index (χ0) is 14.8. The molecule has 1 fully saturated rings. The van der Waals surface area contributed by atoms with E-state index >= 15 is 0 Å². The Bertz CT molecular complexity index is 529. The maximum atomic E-state index is 11.9. The second-order valence-electron chi connectivity index (χ2n) is 5.11. The monoisotopic (exact) mass is 280 g/mol. The first-order chi connectivity index (χ1) is 9.37. The first kappa shape index (κ1) is 14.3. The van der Waals surface area contributed by atoms with Crippen LogP contribution in [0, 0.1) is 10.1 Å². The molecule has 2 rings (SSSR count). The quantitative estimate of drug-likeness (QED) is 0.655. The minimum absolute atomic E-state index is 0.0842. The molecule has 7 nitrogen and oxygen atoms in total. The minimum Gasteiger partial charge on any atom is -0.484 e. The van der Waals surface area contributed by atoms with Crippen molar-refractivity contribution in [2.45, 2.75) is 18.9 Å². The number of nitro groups is 1. The van der Waals surface area contributed by atoms with Crippen molar-refractivity contribution in [3.05, 3.63) is 34.4 Å². The van der Waals surface area contributed by atoms with Crippen LogP contribution in [0.2, 0.25) is 0 Å². The lowest BCUT2D eigenvalue weighted by atomic mass is 10.1. The third kappa shape index (κ3) is 3.45. The minimum atomic E-state index is -0.846. The smallest absolute Gasteiger partial charge is 0.273 e. The van der Waals surface area contributed by atoms with Gasteiger partial charge in [0.05, 0.1) is 16.6 Å². The van der Waals surface area contributed by atoms with Gasteiger partial charge in [-0.2, -0.15) is 0 Å². The molecule has 20 heavy (non-hydrogen) atoms. The van der Waals surface area contributed by atoms with Gasteiger partial charge < -0.3 is 14.7 Å². The van der Waals surface area contributed by atoms with E-state index in [1.807, 2.05) is 0 Å². The molecule has 1 aromatic carbocycles. The molecular formula is C13H16N2O5. The van der Waals surface area contributed by atoms with Gasteiger partial charge in [-0.05, 0) is 19.4 Å². The molecule has 0 spiro atoms. The van der Waals surface area contributed by atoms with Gasteiger partial charge in [-0.3, -0.25) is 14.9 Å². The lowest BCUT2D eigenvalue weighted by molar-refractivity contribution is -0.384. The van der Waals surface area contributed by atoms with Gasteiger partial charge in [-0.15, -0.1) is 0 Å². The number of nitrogens with zero attached hydrogens (tertiary/aromatic N) is 2. The Hall–Kier alpha value is -2.15. The lowest BCUT2D eigenvalue weighted by Crippen LogP contribution is -2.36. The van der Waals surface area contributed by atoms with Gasteiger partial charge in [-0.1, -0.05) is 6.07 Å². The molecular weight excluding hydrogens is 264 g/mol. The number of nitro benzene ring substituents is 1. The fourth-order valence-electron chi connectivity index (χ4n) is 2.08. The summed E-state index contributed by atoms with van der Waals surface area (Å²) < 4.78 is 5.26. The topological polar surface area (TPSA) is 92.9 Å². The highest BCUT2D eigenvalue weighted by molar-refractivity contribution is 5.78. The van der Waals surface area contributed by atoms with Crippen LogP contribution in [0.5, 0.6) is 5.75 Å². The summed E-state index contributed by atoms with van der Waals surface area (Å²) in [7, 11) is 0. The van der Waals surface area contributed by atoms with Crippen molar-refractivity contribution in [2.24, 2.45) is 0 Å². The zero-order valence-corrected chi connectivity index (χ0v) is 11.1. The highest BCUT2D eigenvalue weighted by Gasteiger charge is 2.33. The first-order valence-corrected chi connectivity index (χ1v) is 6.25. The van der Waals surface area contributed by atoms with Gasteiger partial charge in [0, 0.05) is 19.2 Å². The largest absolute Gasteiger partial charge is 0.484 e. The first-order valence-electron chi connectivity index (χ1n) is 6.25. The zero-order valence-electron chi connectivity index (χ0n) is 11.1. The highest BCUT2D eigenvalue weighted by Crippen LogP contribution is 2.21. The summed E-state index contributed by atoms with van der Waals surface area (Å²) in [5.74, 6) is 0.0350. The molecule has 0 aliphatic carbocycles. The van der Waals surface area contributed by atoms with Crippen LogP contribution in [0.4, 0.5) is 5.69 Å². The number of non-ortho nitro benzene ring substituents is 1. The van der Waals surface area contributed by atoms with E-state index < -0.39 is 10.5 Å². The van der Waals surface area contributed by atoms with Crippen molar-refractivity contribution in [2.75, 3.05) is 19.7 Å². The Morgan fingerprint density at radius 1 is 1.60 bits per heavy atom. The molecule has 0 radical (unpaired) electrons. The van der Waals surface area contributed by atoms with Gasteiger partial charge in [-0.25, -0.2) is 0 Å². The van der Waals surface area contributed by atoms with Crippen LogP contribution in [0.3, 0.4) is 0 Å². The highest BCUT2D eigenvalue weighted by atomic mass is 16.6. The molecule has 1 aliphatic rings. The van der Waals surface area contributed by atoms with Gasteiger partial charge >= 0.3 is 0 Å². The number of ether oxygens (including phenoxy) is 1. The molecule has 1 atom stereocenters. The Labute approximate surface area is 115 Å². The predicted molar refractivity (Wildman–Crippen MR) is 70.4 cm³/mol. The maximum Gasteiger partial charge on any atom is 0.273 e. The summed E-state index contributed by atoms with van der Waals surface area (Å²) in [5.41, 5.74) is -0.930. The molecule has 1 amide bonds. The van der Waals surface area contributed by atoms with E-state index in [0.717, 1.165) is 0 Å². The van der Waals surface area contributed by atoms with Crippen molar-refractivity contribution in [3.63, 3.8) is 0 Å². The van der Waals surface area contributed by atoms with E-state index in [4.69, 9.17) is 4.74 Å². The summed E-state index contributed by atoms with van der Waals surface area (Å²) >= 11 is 0. The average Bonchev–Trinajstić information content (AvgIpc) is 2.77. The SMILES string of the molecule is CC1(O)CCN(C(=O)COc2cccc([N+](=O)[O-])c2)C1. The number of aliphatic hydroxyl groups is 1. The molecule has 1 unspecified atom stereocenters. The molecule has 108 valence electrons. The normalized spacial score (nSPS) is 21.8. The molecule has 1 aliphatic heterocycles. The molecule has 1 heterocycles. The molecule has 1 aromatic rings. The third-order valence-corrected chi connectivity index (χ3v) is 3.20. The molecule has 7 heteroatoms. The van der Waals surface area contributed by atoms with E-state index in [0.29, 0.717) is 13.0 Å². The fraction of sp³-hybridized carbons (Fsp3) is 0.462. The number of likely N-dealkylation sites (tertiary alicyclic amines) is 1. The van der Waals surface area contributed by atoms with Gasteiger partial charge in [0.25, 0.3) is 11.6 Å². The molecule has 1 N–H and O–H groups in total. The van der Waals surface area contributed by atoms with E-state index in [1.165, 1.54) is 23.1 Å². The summed E-state index contributed by atoms with van der Waals surface area (Å²) in [5, 5.41) is 20.4. The summed E-state index contributed by atoms with van der Waals surface area (Å²) in [4.78, 5) is 23.5. The van der Waals surface area contributed by atoms with Gasteiger partial charge in [0.2, 0.25) is 0 Å². The van der Waals surface area contributed by atoms with Crippen molar-refractivity contribution < 1.29 is 19.6 Å². The second-order valence-corrected chi connectivity index (χ2v) is 5.11. The van der Waals surface area contributed by atoms with E-state index in [-0.39, 0.29) is 30.5 Å². The lowest BCUT2D eigenvalue weighted by Gasteiger charge is -2.19. The van der Waals surface area contributed by atoms with E-state index in [1.54, 1.807) is 13.0 Å². The molecule has 0 bridgehead atoms. The predicted octanol–water partition coefficient (Wildman–Crippen LogP) is 0.957. The van der Waals surface area contributed by atoms with Crippen molar-refractivity contribution in [3.8, 4) is 5.75 Å². The van der Waals surface area contributed by atoms with Crippen LogP contribution in [-0.4, -0.2) is 46.1 Å². The van der Waals surface area contributed by atoms with Crippen LogP contribution in [0.15, 0.2) is 24.3 Å². The van der Waals surface area contributed by atoms with Crippen LogP contribution >= 0.6 is 0 Å². The number of hydrogen-bond donors (Lipinski definition) is 1. The number of carbonyl (C=O) groups is 1. The van der Waals surface area contributed by atoms with Crippen LogP contribution in [0.1, 0.15) is 13.3 Å². The molecule has 0 saturated carbocycles. The number of β-amino-alcohol motifs (C(OH)–C–C–N with tert-alkyl or cyclic N) is 1. The Balaban J connectivity index is 1.91. The van der Waals surface area contributed by atoms with Crippen molar-refractivity contribution in [1.82, 2.24) is 4.90 Å². The Morgan fingerprint density at radius 3 is 2.95 bits per heavy atom. The number of hydrogen-bond acceptors (Lipinski definition) is 5. The average molecular weight is 280 g/mol. The third-order valence-electron chi connectivity index (χ3n) is 3.20.